The third-order valence-electron chi connectivity index (χ3n) is 0.745. The van der Waals surface area contributed by atoms with Crippen molar-refractivity contribution in [3.8, 4) is 0 Å². The van der Waals surface area contributed by atoms with E-state index in [4.69, 9.17) is 0 Å². The lowest BCUT2D eigenvalue weighted by Gasteiger charge is -1.99. The van der Waals surface area contributed by atoms with E-state index in [2.05, 4.69) is 30.6 Å². The van der Waals surface area contributed by atoms with Gasteiger partial charge in [0, 0.05) is 5.75 Å². The lowest BCUT2D eigenvalue weighted by Crippen LogP contribution is -2.23. The summed E-state index contributed by atoms with van der Waals surface area (Å²) in [6.45, 7) is 0. The Morgan fingerprint density at radius 1 is 1.50 bits per heavy atom. The van der Waals surface area contributed by atoms with Crippen molar-refractivity contribution in [2.75, 3.05) is 23.1 Å². The lowest BCUT2D eigenvalue weighted by molar-refractivity contribution is -0.118. The molecular formula is C5H11NOS3. The molecule has 0 radical (unpaired) electrons. The predicted molar refractivity (Wildman–Crippen MR) is 53.2 cm³/mol. The fourth-order valence-electron chi connectivity index (χ4n) is 0.369. The fraction of sp³-hybridized carbons (Fsp3) is 0.800. The van der Waals surface area contributed by atoms with Gasteiger partial charge in [-0.25, -0.2) is 0 Å². The predicted octanol–water partition coefficient (Wildman–Crippen LogP) is 0.653. The topological polar surface area (TPSA) is 29.1 Å². The van der Waals surface area contributed by atoms with Gasteiger partial charge in [0.2, 0.25) is 5.91 Å². The molecule has 0 fully saturated rings. The van der Waals surface area contributed by atoms with Gasteiger partial charge in [-0.15, -0.1) is 0 Å². The standard InChI is InChI=1S/C5H11NOS3/c7-5(6-4-9)3-10-2-1-8/h8-9H,1-4H2,(H,6,7). The summed E-state index contributed by atoms with van der Waals surface area (Å²) < 4.78 is 0. The molecule has 0 atom stereocenters. The minimum Gasteiger partial charge on any atom is -0.347 e. The SMILES string of the molecule is O=C(CSCCS)NCS. The minimum atomic E-state index is 0.0433. The Hall–Kier alpha value is 0.520. The van der Waals surface area contributed by atoms with E-state index in [9.17, 15) is 4.79 Å². The van der Waals surface area contributed by atoms with Crippen LogP contribution < -0.4 is 5.32 Å². The van der Waals surface area contributed by atoms with E-state index in [1.54, 1.807) is 11.8 Å². The highest BCUT2D eigenvalue weighted by Crippen LogP contribution is 1.98. The average Bonchev–Trinajstić information content (AvgIpc) is 1.89. The van der Waals surface area contributed by atoms with E-state index < -0.39 is 0 Å². The van der Waals surface area contributed by atoms with Gasteiger partial charge in [0.15, 0.2) is 0 Å². The number of carbonyl (C=O) groups is 1. The monoisotopic (exact) mass is 197 g/mol. The molecule has 5 heteroatoms. The molecule has 0 spiro atoms. The molecule has 10 heavy (non-hydrogen) atoms. The highest BCUT2D eigenvalue weighted by molar-refractivity contribution is 8.00. The smallest absolute Gasteiger partial charge is 0.230 e. The van der Waals surface area contributed by atoms with Gasteiger partial charge in [0.25, 0.3) is 0 Å². The van der Waals surface area contributed by atoms with Crippen molar-refractivity contribution in [2.24, 2.45) is 0 Å². The minimum absolute atomic E-state index is 0.0433. The van der Waals surface area contributed by atoms with Gasteiger partial charge in [-0.2, -0.15) is 37.0 Å². The van der Waals surface area contributed by atoms with Crippen LogP contribution in [-0.4, -0.2) is 29.0 Å². The zero-order valence-corrected chi connectivity index (χ0v) is 8.14. The average molecular weight is 197 g/mol. The summed E-state index contributed by atoms with van der Waals surface area (Å²) in [7, 11) is 0. The highest BCUT2D eigenvalue weighted by Gasteiger charge is 1.96. The van der Waals surface area contributed by atoms with E-state index in [-0.39, 0.29) is 5.91 Å². The molecule has 0 aliphatic carbocycles. The number of hydrogen-bond donors (Lipinski definition) is 3. The Balaban J connectivity index is 3.05. The first-order valence-corrected chi connectivity index (χ1v) is 5.29. The van der Waals surface area contributed by atoms with Crippen LogP contribution in [0, 0.1) is 0 Å². The third-order valence-corrected chi connectivity index (χ3v) is 2.39. The van der Waals surface area contributed by atoms with Gasteiger partial charge in [-0.3, -0.25) is 4.79 Å². The lowest BCUT2D eigenvalue weighted by atomic mass is 10.7. The summed E-state index contributed by atoms with van der Waals surface area (Å²) in [4.78, 5) is 10.7. The van der Waals surface area contributed by atoms with E-state index in [0.717, 1.165) is 11.5 Å². The van der Waals surface area contributed by atoms with Gasteiger partial charge >= 0.3 is 0 Å². The van der Waals surface area contributed by atoms with Crippen LogP contribution in [0.15, 0.2) is 0 Å². The molecule has 0 saturated carbocycles. The molecule has 0 aromatic heterocycles. The van der Waals surface area contributed by atoms with E-state index >= 15 is 0 Å². The molecule has 0 aliphatic heterocycles. The summed E-state index contributed by atoms with van der Waals surface area (Å²) in [6, 6.07) is 0. The summed E-state index contributed by atoms with van der Waals surface area (Å²) in [5, 5.41) is 2.58. The molecule has 1 amide bonds. The van der Waals surface area contributed by atoms with E-state index in [1.165, 1.54) is 0 Å². The van der Waals surface area contributed by atoms with Gasteiger partial charge in [0.05, 0.1) is 11.6 Å². The Morgan fingerprint density at radius 2 is 2.20 bits per heavy atom. The van der Waals surface area contributed by atoms with Crippen LogP contribution in [-0.2, 0) is 4.79 Å². The van der Waals surface area contributed by atoms with Crippen molar-refractivity contribution in [2.45, 2.75) is 0 Å². The highest BCUT2D eigenvalue weighted by atomic mass is 32.2. The quantitative estimate of drug-likeness (QED) is 0.343. The second-order valence-corrected chi connectivity index (χ2v) is 3.40. The largest absolute Gasteiger partial charge is 0.347 e. The molecule has 2 nitrogen and oxygen atoms in total. The number of hydrogen-bond acceptors (Lipinski definition) is 4. The summed E-state index contributed by atoms with van der Waals surface area (Å²) in [5.74, 6) is 2.71. The van der Waals surface area contributed by atoms with Crippen LogP contribution >= 0.6 is 37.0 Å². The molecule has 0 heterocycles. The molecule has 0 aromatic carbocycles. The second kappa shape index (κ2) is 7.63. The molecule has 0 bridgehead atoms. The van der Waals surface area contributed by atoms with Crippen LogP contribution in [0.5, 0.6) is 0 Å². The van der Waals surface area contributed by atoms with E-state index in [1.807, 2.05) is 0 Å². The number of carbonyl (C=O) groups excluding carboxylic acids is 1. The molecule has 0 unspecified atom stereocenters. The summed E-state index contributed by atoms with van der Waals surface area (Å²) in [6.07, 6.45) is 0. The zero-order valence-electron chi connectivity index (χ0n) is 5.54. The van der Waals surface area contributed by atoms with Crippen molar-refractivity contribution in [1.29, 1.82) is 0 Å². The zero-order chi connectivity index (χ0) is 7.82. The first-order chi connectivity index (χ1) is 4.81. The van der Waals surface area contributed by atoms with Gasteiger partial charge in [0.1, 0.15) is 0 Å². The van der Waals surface area contributed by atoms with Crippen LogP contribution in [0.25, 0.3) is 0 Å². The van der Waals surface area contributed by atoms with Crippen LogP contribution in [0.4, 0.5) is 0 Å². The molecule has 0 rings (SSSR count). The van der Waals surface area contributed by atoms with Crippen LogP contribution in [0.1, 0.15) is 0 Å². The third kappa shape index (κ3) is 6.64. The summed E-state index contributed by atoms with van der Waals surface area (Å²) >= 11 is 9.44. The molecule has 0 aliphatic rings. The van der Waals surface area contributed by atoms with Gasteiger partial charge in [-0.05, 0) is 5.75 Å². The number of amides is 1. The molecule has 60 valence electrons. The molecule has 0 saturated heterocycles. The van der Waals surface area contributed by atoms with Crippen molar-refractivity contribution in [3.05, 3.63) is 0 Å². The van der Waals surface area contributed by atoms with Crippen LogP contribution in [0.2, 0.25) is 0 Å². The maximum absolute atomic E-state index is 10.7. The van der Waals surface area contributed by atoms with E-state index in [0.29, 0.717) is 11.6 Å². The second-order valence-electron chi connectivity index (χ2n) is 1.53. The number of rotatable bonds is 5. The maximum Gasteiger partial charge on any atom is 0.230 e. The van der Waals surface area contributed by atoms with Gasteiger partial charge in [-0.1, -0.05) is 0 Å². The van der Waals surface area contributed by atoms with Crippen molar-refractivity contribution in [1.82, 2.24) is 5.32 Å². The number of thioether (sulfide) groups is 1. The van der Waals surface area contributed by atoms with Crippen LogP contribution in [0.3, 0.4) is 0 Å². The Bertz CT molecular complexity index is 98.9. The molecule has 0 aromatic rings. The maximum atomic E-state index is 10.7. The first kappa shape index (κ1) is 10.5. The Labute approximate surface area is 76.3 Å². The molecular weight excluding hydrogens is 186 g/mol. The Kier molecular flexibility index (Phi) is 8.02. The van der Waals surface area contributed by atoms with Crippen molar-refractivity contribution in [3.63, 3.8) is 0 Å². The Morgan fingerprint density at radius 3 is 2.70 bits per heavy atom. The fourth-order valence-corrected chi connectivity index (χ4v) is 1.49. The van der Waals surface area contributed by atoms with Crippen molar-refractivity contribution >= 4 is 42.9 Å². The molecule has 1 N–H and O–H groups in total. The van der Waals surface area contributed by atoms with Gasteiger partial charge < -0.3 is 5.32 Å². The summed E-state index contributed by atoms with van der Waals surface area (Å²) in [5.41, 5.74) is 0. The normalized spacial score (nSPS) is 9.40. The number of nitrogens with one attached hydrogen (secondary N) is 1. The van der Waals surface area contributed by atoms with Crippen molar-refractivity contribution < 1.29 is 4.79 Å². The number of thiol groups is 2. The first-order valence-electron chi connectivity index (χ1n) is 2.87.